The molecular weight excluding hydrogens is 535 g/mol. The predicted octanol–water partition coefficient (Wildman–Crippen LogP) is 4.95. The Kier molecular flexibility index (Phi) is 6.70. The van der Waals surface area contributed by atoms with Crippen LogP contribution in [-0.4, -0.2) is 43.1 Å². The smallest absolute Gasteiger partial charge is 0.378 e. The maximum absolute atomic E-state index is 14.1. The average Bonchev–Trinajstić information content (AvgIpc) is 3.22. The SMILES string of the molecule is O=C(Nc1cnc(N2CCOCC2)c2c1C(c1cc(F)ccc1Cl)NC2=O)c1cc(F)cc(C(F)(F)F)c1. The van der Waals surface area contributed by atoms with Gasteiger partial charge in [0.2, 0.25) is 0 Å². The van der Waals surface area contributed by atoms with Crippen LogP contribution in [0.1, 0.15) is 43.4 Å². The Balaban J connectivity index is 1.61. The molecule has 1 unspecified atom stereocenters. The Morgan fingerprint density at radius 2 is 1.84 bits per heavy atom. The average molecular weight is 553 g/mol. The number of nitrogens with one attached hydrogen (secondary N) is 2. The molecule has 0 spiro atoms. The first-order valence-corrected chi connectivity index (χ1v) is 11.7. The van der Waals surface area contributed by atoms with E-state index >= 15 is 0 Å². The molecule has 3 aromatic rings. The van der Waals surface area contributed by atoms with E-state index < -0.39 is 46.8 Å². The molecule has 5 rings (SSSR count). The van der Waals surface area contributed by atoms with Crippen LogP contribution in [0.2, 0.25) is 5.02 Å². The lowest BCUT2D eigenvalue weighted by atomic mass is 9.96. The van der Waals surface area contributed by atoms with E-state index in [2.05, 4.69) is 15.6 Å². The van der Waals surface area contributed by atoms with Crippen molar-refractivity contribution in [1.29, 1.82) is 0 Å². The number of anilines is 2. The summed E-state index contributed by atoms with van der Waals surface area (Å²) in [6.45, 7) is 1.62. The summed E-state index contributed by atoms with van der Waals surface area (Å²) in [6, 6.07) is 4.01. The minimum Gasteiger partial charge on any atom is -0.378 e. The number of carbonyl (C=O) groups excluding carboxylic acids is 2. The molecule has 0 aliphatic carbocycles. The van der Waals surface area contributed by atoms with Crippen molar-refractivity contribution in [3.05, 3.63) is 87.1 Å². The lowest BCUT2D eigenvalue weighted by Gasteiger charge is -2.29. The zero-order valence-electron chi connectivity index (χ0n) is 19.3. The first-order chi connectivity index (χ1) is 18.0. The molecule has 1 fully saturated rings. The maximum atomic E-state index is 14.1. The molecule has 2 amide bonds. The molecule has 0 radical (unpaired) electrons. The molecule has 38 heavy (non-hydrogen) atoms. The Morgan fingerprint density at radius 3 is 2.55 bits per heavy atom. The van der Waals surface area contributed by atoms with Crippen molar-refractivity contribution < 1.29 is 36.3 Å². The van der Waals surface area contributed by atoms with Gasteiger partial charge in [-0.05, 0) is 36.4 Å². The van der Waals surface area contributed by atoms with E-state index in [0.29, 0.717) is 44.3 Å². The number of rotatable bonds is 4. The maximum Gasteiger partial charge on any atom is 0.416 e. The van der Waals surface area contributed by atoms with E-state index in [1.165, 1.54) is 12.3 Å². The molecule has 1 atom stereocenters. The van der Waals surface area contributed by atoms with Crippen molar-refractivity contribution in [3.63, 3.8) is 0 Å². The first-order valence-electron chi connectivity index (χ1n) is 11.3. The second-order valence-electron chi connectivity index (χ2n) is 8.64. The van der Waals surface area contributed by atoms with Crippen LogP contribution in [-0.2, 0) is 10.9 Å². The minimum atomic E-state index is -4.88. The van der Waals surface area contributed by atoms with Gasteiger partial charge in [0.15, 0.2) is 0 Å². The summed E-state index contributed by atoms with van der Waals surface area (Å²) >= 11 is 6.31. The van der Waals surface area contributed by atoms with E-state index in [0.717, 1.165) is 12.1 Å². The van der Waals surface area contributed by atoms with Gasteiger partial charge in [0.1, 0.15) is 17.5 Å². The number of morpholine rings is 1. The Bertz CT molecular complexity index is 1440. The Labute approximate surface area is 217 Å². The number of nitrogens with zero attached hydrogens (tertiary/aromatic N) is 2. The third-order valence-electron chi connectivity index (χ3n) is 6.21. The van der Waals surface area contributed by atoms with Gasteiger partial charge in [-0.15, -0.1) is 0 Å². The Morgan fingerprint density at radius 1 is 1.11 bits per heavy atom. The van der Waals surface area contributed by atoms with E-state index in [9.17, 15) is 31.5 Å². The van der Waals surface area contributed by atoms with Gasteiger partial charge in [-0.2, -0.15) is 13.2 Å². The molecular formula is C25H18ClF5N4O3. The van der Waals surface area contributed by atoms with E-state index in [1.807, 2.05) is 4.90 Å². The number of ether oxygens (including phenoxy) is 1. The largest absolute Gasteiger partial charge is 0.416 e. The Hall–Kier alpha value is -3.77. The fourth-order valence-corrected chi connectivity index (χ4v) is 4.70. The van der Waals surface area contributed by atoms with Gasteiger partial charge in [-0.25, -0.2) is 13.8 Å². The standard InChI is InChI=1S/C25H18ClF5N4O3/c26-17-2-1-14(27)10-16(17)21-19-18(33-23(36)12-7-13(25(29,30)31)9-15(28)8-12)11-32-22(20(19)24(37)34-21)35-3-5-38-6-4-35/h1-2,7-11,21H,3-6H2,(H,33,36)(H,34,37). The van der Waals surface area contributed by atoms with Crippen molar-refractivity contribution in [2.75, 3.05) is 36.5 Å². The summed E-state index contributed by atoms with van der Waals surface area (Å²) in [5.41, 5.74) is -1.50. The van der Waals surface area contributed by atoms with Gasteiger partial charge in [0.05, 0.1) is 42.3 Å². The predicted molar refractivity (Wildman–Crippen MR) is 127 cm³/mol. The molecule has 2 aliphatic rings. The van der Waals surface area contributed by atoms with Gasteiger partial charge >= 0.3 is 6.18 Å². The van der Waals surface area contributed by atoms with Crippen LogP contribution < -0.4 is 15.5 Å². The molecule has 1 aromatic heterocycles. The van der Waals surface area contributed by atoms with Crippen molar-refractivity contribution in [2.24, 2.45) is 0 Å². The van der Waals surface area contributed by atoms with Gasteiger partial charge in [0.25, 0.3) is 11.8 Å². The number of hydrogen-bond acceptors (Lipinski definition) is 5. The quantitative estimate of drug-likeness (QED) is 0.447. The van der Waals surface area contributed by atoms with Gasteiger partial charge < -0.3 is 20.3 Å². The highest BCUT2D eigenvalue weighted by Crippen LogP contribution is 2.42. The molecule has 0 saturated carbocycles. The van der Waals surface area contributed by atoms with Crippen molar-refractivity contribution >= 4 is 34.9 Å². The molecule has 2 aliphatic heterocycles. The van der Waals surface area contributed by atoms with Crippen molar-refractivity contribution in [1.82, 2.24) is 10.3 Å². The van der Waals surface area contributed by atoms with Crippen molar-refractivity contribution in [2.45, 2.75) is 12.2 Å². The van der Waals surface area contributed by atoms with Crippen LogP contribution in [0.25, 0.3) is 0 Å². The molecule has 198 valence electrons. The molecule has 13 heteroatoms. The molecule has 0 bridgehead atoms. The number of alkyl halides is 3. The minimum absolute atomic E-state index is 0.0384. The molecule has 2 aromatic carbocycles. The van der Waals surface area contributed by atoms with E-state index in [-0.39, 0.29) is 33.5 Å². The second-order valence-corrected chi connectivity index (χ2v) is 9.04. The van der Waals surface area contributed by atoms with Gasteiger partial charge in [-0.3, -0.25) is 9.59 Å². The highest BCUT2D eigenvalue weighted by atomic mass is 35.5. The number of halogens is 6. The lowest BCUT2D eigenvalue weighted by molar-refractivity contribution is -0.137. The number of carbonyl (C=O) groups is 2. The molecule has 2 N–H and O–H groups in total. The van der Waals surface area contributed by atoms with Crippen LogP contribution >= 0.6 is 11.6 Å². The van der Waals surface area contributed by atoms with Crippen LogP contribution in [0.3, 0.4) is 0 Å². The normalized spacial score (nSPS) is 17.3. The first kappa shape index (κ1) is 25.9. The number of aromatic nitrogens is 1. The summed E-state index contributed by atoms with van der Waals surface area (Å²) in [5.74, 6) is -3.22. The summed E-state index contributed by atoms with van der Waals surface area (Å²) in [7, 11) is 0. The summed E-state index contributed by atoms with van der Waals surface area (Å²) in [6.07, 6.45) is -3.64. The van der Waals surface area contributed by atoms with Crippen LogP contribution in [0, 0.1) is 11.6 Å². The third-order valence-corrected chi connectivity index (χ3v) is 6.55. The van der Waals surface area contributed by atoms with Crippen LogP contribution in [0.5, 0.6) is 0 Å². The van der Waals surface area contributed by atoms with Gasteiger partial charge in [-0.1, -0.05) is 11.6 Å². The molecule has 7 nitrogen and oxygen atoms in total. The zero-order chi connectivity index (χ0) is 27.2. The number of fused-ring (bicyclic) bond motifs is 1. The van der Waals surface area contributed by atoms with Gasteiger partial charge in [0, 0.05) is 34.8 Å². The summed E-state index contributed by atoms with van der Waals surface area (Å²) in [5, 5.41) is 5.30. The van der Waals surface area contributed by atoms with E-state index in [1.54, 1.807) is 0 Å². The fourth-order valence-electron chi connectivity index (χ4n) is 4.48. The number of amides is 2. The second kappa shape index (κ2) is 9.84. The highest BCUT2D eigenvalue weighted by Gasteiger charge is 2.39. The lowest BCUT2D eigenvalue weighted by Crippen LogP contribution is -2.38. The van der Waals surface area contributed by atoms with Crippen molar-refractivity contribution in [3.8, 4) is 0 Å². The zero-order valence-corrected chi connectivity index (χ0v) is 20.1. The topological polar surface area (TPSA) is 83.6 Å². The monoisotopic (exact) mass is 552 g/mol. The van der Waals surface area contributed by atoms with Crippen LogP contribution in [0.15, 0.2) is 42.6 Å². The summed E-state index contributed by atoms with van der Waals surface area (Å²) in [4.78, 5) is 32.3. The molecule has 3 heterocycles. The van der Waals surface area contributed by atoms with E-state index in [4.69, 9.17) is 16.3 Å². The fraction of sp³-hybridized carbons (Fsp3) is 0.240. The number of hydrogen-bond donors (Lipinski definition) is 2. The third kappa shape index (κ3) is 4.88. The number of pyridine rings is 1. The van der Waals surface area contributed by atoms with Crippen LogP contribution in [0.4, 0.5) is 33.5 Å². The highest BCUT2D eigenvalue weighted by molar-refractivity contribution is 6.31. The molecule has 1 saturated heterocycles. The summed E-state index contributed by atoms with van der Waals surface area (Å²) < 4.78 is 73.0. The number of benzene rings is 2.